The van der Waals surface area contributed by atoms with Crippen molar-refractivity contribution in [2.24, 2.45) is 0 Å². The number of halogens is 1. The van der Waals surface area contributed by atoms with Gasteiger partial charge in [0, 0.05) is 5.02 Å². The van der Waals surface area contributed by atoms with Crippen LogP contribution >= 0.6 is 11.6 Å². The van der Waals surface area contributed by atoms with Crippen molar-refractivity contribution >= 4 is 24.7 Å². The Morgan fingerprint density at radius 2 is 1.62 bits per heavy atom. The molecule has 0 unspecified atom stereocenters. The Bertz CT molecular complexity index is 541. The minimum atomic E-state index is -0.308. The van der Waals surface area contributed by atoms with E-state index in [2.05, 4.69) is 27.7 Å². The molecule has 2 rings (SSSR count). The van der Waals surface area contributed by atoms with E-state index in [0.717, 1.165) is 25.6 Å². The highest BCUT2D eigenvalue weighted by atomic mass is 35.5. The molecule has 0 amide bonds. The highest BCUT2D eigenvalue weighted by Gasteiger charge is 2.50. The first-order chi connectivity index (χ1) is 11.2. The maximum absolute atomic E-state index is 11.8. The van der Waals surface area contributed by atoms with Crippen LogP contribution in [-0.2, 0) is 14.0 Å². The summed E-state index contributed by atoms with van der Waals surface area (Å²) in [4.78, 5) is 11.8. The lowest BCUT2D eigenvalue weighted by Crippen LogP contribution is -2.41. The molecule has 1 aliphatic rings. The van der Waals surface area contributed by atoms with Gasteiger partial charge in [0.1, 0.15) is 0 Å². The summed E-state index contributed by atoms with van der Waals surface area (Å²) in [6, 6.07) is 6.71. The van der Waals surface area contributed by atoms with Crippen LogP contribution in [0.5, 0.6) is 0 Å². The van der Waals surface area contributed by atoms with E-state index in [0.29, 0.717) is 17.2 Å². The number of hydrogen-bond acceptors (Lipinski definition) is 4. The van der Waals surface area contributed by atoms with E-state index in [1.165, 1.54) is 0 Å². The zero-order chi connectivity index (χ0) is 17.8. The highest BCUT2D eigenvalue weighted by molar-refractivity contribution is 6.45. The predicted molar refractivity (Wildman–Crippen MR) is 96.5 cm³/mol. The predicted octanol–water partition coefficient (Wildman–Crippen LogP) is 4.76. The van der Waals surface area contributed by atoms with Crippen LogP contribution in [0, 0.1) is 0 Å². The summed E-state index contributed by atoms with van der Waals surface area (Å²) in [7, 11) is -0.147. The lowest BCUT2D eigenvalue weighted by molar-refractivity contribution is 0.00578. The Labute approximate surface area is 150 Å². The van der Waals surface area contributed by atoms with Crippen molar-refractivity contribution in [1.29, 1.82) is 0 Å². The lowest BCUT2D eigenvalue weighted by atomic mass is 9.82. The normalized spacial score (nSPS) is 18.6. The van der Waals surface area contributed by atoms with Crippen molar-refractivity contribution in [2.75, 3.05) is 6.61 Å². The molecule has 1 heterocycles. The van der Waals surface area contributed by atoms with Gasteiger partial charge in [0.2, 0.25) is 0 Å². The monoisotopic (exact) mass is 352 g/mol. The van der Waals surface area contributed by atoms with Gasteiger partial charge in [-0.05, 0) is 64.7 Å². The van der Waals surface area contributed by atoms with Crippen molar-refractivity contribution in [3.8, 4) is 0 Å². The van der Waals surface area contributed by atoms with Crippen LogP contribution in [0.2, 0.25) is 11.3 Å². The number of ether oxygens (including phenoxy) is 1. The second-order valence-corrected chi connectivity index (χ2v) is 7.61. The first-order valence-electron chi connectivity index (χ1n) is 8.50. The van der Waals surface area contributed by atoms with Crippen molar-refractivity contribution in [3.63, 3.8) is 0 Å². The minimum Gasteiger partial charge on any atom is -0.462 e. The van der Waals surface area contributed by atoms with E-state index in [1.807, 2.05) is 0 Å². The topological polar surface area (TPSA) is 44.8 Å². The molecule has 0 atom stereocenters. The maximum atomic E-state index is 11.8. The van der Waals surface area contributed by atoms with E-state index in [4.69, 9.17) is 25.6 Å². The summed E-state index contributed by atoms with van der Waals surface area (Å²) in [5.41, 5.74) is -0.0194. The molecule has 0 aromatic heterocycles. The molecule has 0 N–H and O–H groups in total. The van der Waals surface area contributed by atoms with Crippen LogP contribution in [0.4, 0.5) is 0 Å². The third kappa shape index (κ3) is 4.98. The Kier molecular flexibility index (Phi) is 6.35. The molecule has 1 aromatic carbocycles. The van der Waals surface area contributed by atoms with Crippen LogP contribution in [0.1, 0.15) is 57.3 Å². The van der Waals surface area contributed by atoms with E-state index in [9.17, 15) is 4.79 Å². The second-order valence-electron chi connectivity index (χ2n) is 7.18. The largest absolute Gasteiger partial charge is 0.462 e. The summed E-state index contributed by atoms with van der Waals surface area (Å²) in [6.07, 6.45) is 3.64. The van der Waals surface area contributed by atoms with E-state index in [-0.39, 0.29) is 24.3 Å². The Morgan fingerprint density at radius 1 is 1.04 bits per heavy atom. The summed E-state index contributed by atoms with van der Waals surface area (Å²) >= 11 is 5.79. The lowest BCUT2D eigenvalue weighted by Gasteiger charge is -2.32. The van der Waals surface area contributed by atoms with Crippen molar-refractivity contribution in [2.45, 2.75) is 64.5 Å². The van der Waals surface area contributed by atoms with Gasteiger partial charge in [-0.2, -0.15) is 0 Å². The van der Waals surface area contributed by atoms with Crippen LogP contribution in [-0.4, -0.2) is 30.9 Å². The molecule has 4 nitrogen and oxygen atoms in total. The Hall–Kier alpha value is -1.04. The molecule has 132 valence electrons. The first kappa shape index (κ1) is 19.3. The molecule has 0 bridgehead atoms. The summed E-state index contributed by atoms with van der Waals surface area (Å²) in [5.74, 6) is -0.308. The summed E-state index contributed by atoms with van der Waals surface area (Å²) in [6.45, 7) is 8.66. The second kappa shape index (κ2) is 7.90. The smallest absolute Gasteiger partial charge is 0.457 e. The van der Waals surface area contributed by atoms with Crippen LogP contribution in [0.15, 0.2) is 24.3 Å². The third-order valence-electron chi connectivity index (χ3n) is 4.70. The van der Waals surface area contributed by atoms with Gasteiger partial charge < -0.3 is 14.0 Å². The summed E-state index contributed by atoms with van der Waals surface area (Å²) < 4.78 is 17.2. The van der Waals surface area contributed by atoms with Gasteiger partial charge >= 0.3 is 13.1 Å². The van der Waals surface area contributed by atoms with Crippen molar-refractivity contribution in [3.05, 3.63) is 34.9 Å². The number of esters is 1. The SMILES string of the molecule is CC1(C)OB(CCCCCOC(=O)c2ccc(Cl)cc2)OC1(C)C. The van der Waals surface area contributed by atoms with Crippen molar-refractivity contribution < 1.29 is 18.8 Å². The number of hydrogen-bond donors (Lipinski definition) is 0. The molecular weight excluding hydrogens is 326 g/mol. The van der Waals surface area contributed by atoms with Crippen LogP contribution < -0.4 is 0 Å². The fourth-order valence-corrected chi connectivity index (χ4v) is 2.63. The molecule has 0 aliphatic carbocycles. The number of rotatable bonds is 7. The van der Waals surface area contributed by atoms with E-state index in [1.54, 1.807) is 24.3 Å². The fourth-order valence-electron chi connectivity index (χ4n) is 2.51. The molecule has 0 radical (unpaired) electrons. The maximum Gasteiger partial charge on any atom is 0.457 e. The van der Waals surface area contributed by atoms with Gasteiger partial charge in [-0.1, -0.05) is 24.4 Å². The zero-order valence-corrected chi connectivity index (χ0v) is 15.7. The standard InChI is InChI=1S/C18H26BClO4/c1-17(2)18(3,4)24-19(23-17)12-6-5-7-13-22-16(21)14-8-10-15(20)11-9-14/h8-11H,5-7,12-13H2,1-4H3. The van der Waals surface area contributed by atoms with Gasteiger partial charge in [-0.3, -0.25) is 0 Å². The molecule has 1 aliphatic heterocycles. The van der Waals surface area contributed by atoms with Gasteiger partial charge in [0.25, 0.3) is 0 Å². The van der Waals surface area contributed by atoms with Gasteiger partial charge in [-0.25, -0.2) is 4.79 Å². The van der Waals surface area contributed by atoms with E-state index < -0.39 is 0 Å². The summed E-state index contributed by atoms with van der Waals surface area (Å²) in [5, 5.41) is 0.606. The zero-order valence-electron chi connectivity index (χ0n) is 14.9. The van der Waals surface area contributed by atoms with Crippen LogP contribution in [0.3, 0.4) is 0 Å². The molecule has 6 heteroatoms. The quantitative estimate of drug-likeness (QED) is 0.403. The number of benzene rings is 1. The molecule has 1 saturated heterocycles. The number of carbonyl (C=O) groups is 1. The third-order valence-corrected chi connectivity index (χ3v) is 4.95. The van der Waals surface area contributed by atoms with Gasteiger partial charge in [-0.15, -0.1) is 0 Å². The fraction of sp³-hybridized carbons (Fsp3) is 0.611. The number of carbonyl (C=O) groups excluding carboxylic acids is 1. The van der Waals surface area contributed by atoms with Crippen molar-refractivity contribution in [1.82, 2.24) is 0 Å². The minimum absolute atomic E-state index is 0.147. The van der Waals surface area contributed by atoms with E-state index >= 15 is 0 Å². The average molecular weight is 353 g/mol. The molecule has 1 aromatic rings. The number of unbranched alkanes of at least 4 members (excludes halogenated alkanes) is 2. The molecule has 24 heavy (non-hydrogen) atoms. The molecule has 0 saturated carbocycles. The van der Waals surface area contributed by atoms with Gasteiger partial charge in [0.05, 0.1) is 23.4 Å². The molecule has 1 fully saturated rings. The average Bonchev–Trinajstić information content (AvgIpc) is 2.70. The van der Waals surface area contributed by atoms with Crippen LogP contribution in [0.25, 0.3) is 0 Å². The Balaban J connectivity index is 1.59. The first-order valence-corrected chi connectivity index (χ1v) is 8.87. The van der Waals surface area contributed by atoms with Gasteiger partial charge in [0.15, 0.2) is 0 Å². The Morgan fingerprint density at radius 3 is 2.21 bits per heavy atom. The molecular formula is C18H26BClO4. The highest BCUT2D eigenvalue weighted by Crippen LogP contribution is 2.38. The molecule has 0 spiro atoms.